The number of nitrogens with zero attached hydrogens (tertiary/aromatic N) is 3. The van der Waals surface area contributed by atoms with Crippen molar-refractivity contribution < 1.29 is 29.6 Å². The molecule has 0 aliphatic carbocycles. The van der Waals surface area contributed by atoms with Crippen LogP contribution in [0, 0.1) is 45.3 Å². The number of hydrogen-bond acceptors (Lipinski definition) is 4. The number of nitrogens with one attached hydrogen (secondary N) is 1. The molecule has 5 heteroatoms. The van der Waals surface area contributed by atoms with Crippen LogP contribution in [-0.2, 0) is 0 Å². The molecule has 0 atom stereocenters. The summed E-state index contributed by atoms with van der Waals surface area (Å²) in [6.45, 7) is 0. The molecule has 0 unspecified atom stereocenters. The fourth-order valence-electron chi connectivity index (χ4n) is 0.327. The average Bonchev–Trinajstić information content (AvgIpc) is 1.91. The van der Waals surface area contributed by atoms with Gasteiger partial charge in [-0.25, -0.2) is 10.5 Å². The first-order valence-electron chi connectivity index (χ1n) is 2.38. The molecule has 0 amide bonds. The van der Waals surface area contributed by atoms with E-state index < -0.39 is 0 Å². The van der Waals surface area contributed by atoms with Gasteiger partial charge in [-0.15, -0.1) is 5.92 Å². The summed E-state index contributed by atoms with van der Waals surface area (Å²) < 4.78 is 0. The Bertz CT molecular complexity index is 237. The van der Waals surface area contributed by atoms with Crippen molar-refractivity contribution in [2.75, 3.05) is 0 Å². The maximum absolute atomic E-state index is 8.16. The Kier molecular flexibility index (Phi) is 8.20. The smallest absolute Gasteiger partial charge is 0.338 e. The summed E-state index contributed by atoms with van der Waals surface area (Å²) in [7, 11) is 0. The largest absolute Gasteiger partial charge is 1.00 e. The van der Waals surface area contributed by atoms with E-state index in [1.165, 1.54) is 12.1 Å². The Morgan fingerprint density at radius 2 is 1.73 bits per heavy atom. The molecule has 4 nitrogen and oxygen atoms in total. The molecule has 0 aromatic rings. The van der Waals surface area contributed by atoms with Crippen molar-refractivity contribution in [3.05, 3.63) is 5.92 Å². The van der Waals surface area contributed by atoms with Crippen LogP contribution in [0.15, 0.2) is 0 Å². The van der Waals surface area contributed by atoms with Gasteiger partial charge in [-0.1, -0.05) is 17.9 Å². The van der Waals surface area contributed by atoms with Gasteiger partial charge >= 0.3 is 29.6 Å². The fraction of sp³-hybridized carbons (Fsp3) is 0.167. The number of hydrogen-bond donors (Lipinski definition) is 1. The SMILES string of the molecule is N#CCC(=N)[C-](C#N)C#N.[Na+]. The molecule has 0 fully saturated rings. The molecule has 0 spiro atoms. The summed E-state index contributed by atoms with van der Waals surface area (Å²) in [5, 5.41) is 31.3. The third kappa shape index (κ3) is 4.42. The zero-order valence-electron chi connectivity index (χ0n) is 6.05. The summed E-state index contributed by atoms with van der Waals surface area (Å²) in [6, 6.07) is 4.70. The summed E-state index contributed by atoms with van der Waals surface area (Å²) in [4.78, 5) is 0. The van der Waals surface area contributed by atoms with Crippen molar-refractivity contribution >= 4 is 5.71 Å². The molecule has 0 radical (unpaired) electrons. The Morgan fingerprint density at radius 3 is 2.00 bits per heavy atom. The van der Waals surface area contributed by atoms with Crippen LogP contribution in [0.4, 0.5) is 0 Å². The van der Waals surface area contributed by atoms with Crippen LogP contribution in [-0.4, -0.2) is 5.71 Å². The van der Waals surface area contributed by atoms with Crippen LogP contribution in [0.2, 0.25) is 0 Å². The fourth-order valence-corrected chi connectivity index (χ4v) is 0.327. The van der Waals surface area contributed by atoms with E-state index in [4.69, 9.17) is 21.2 Å². The van der Waals surface area contributed by atoms with Crippen molar-refractivity contribution in [1.29, 1.82) is 21.2 Å². The molecular weight excluding hydrogens is 151 g/mol. The zero-order chi connectivity index (χ0) is 7.98. The van der Waals surface area contributed by atoms with Gasteiger partial charge in [0.1, 0.15) is 0 Å². The van der Waals surface area contributed by atoms with E-state index in [9.17, 15) is 0 Å². The van der Waals surface area contributed by atoms with Gasteiger partial charge in [0, 0.05) is 6.42 Å². The Hall–Kier alpha value is -0.990. The van der Waals surface area contributed by atoms with E-state index in [0.29, 0.717) is 0 Å². The average molecular weight is 154 g/mol. The van der Waals surface area contributed by atoms with Gasteiger partial charge in [-0.3, -0.25) is 0 Å². The minimum absolute atomic E-state index is 0. The van der Waals surface area contributed by atoms with Crippen LogP contribution in [0.5, 0.6) is 0 Å². The second kappa shape index (κ2) is 7.12. The van der Waals surface area contributed by atoms with E-state index in [1.54, 1.807) is 6.07 Å². The number of nitriles is 3. The summed E-state index contributed by atoms with van der Waals surface area (Å²) >= 11 is 0. The first-order chi connectivity index (χ1) is 4.76. The molecule has 0 aliphatic rings. The van der Waals surface area contributed by atoms with Gasteiger partial charge in [0.25, 0.3) is 0 Å². The van der Waals surface area contributed by atoms with Gasteiger partial charge in [0.2, 0.25) is 0 Å². The predicted molar refractivity (Wildman–Crippen MR) is 32.4 cm³/mol. The molecule has 11 heavy (non-hydrogen) atoms. The standard InChI is InChI=1S/C6H3N4.Na/c7-2-1-6(10)5(3-8)4-9;/h10H,1H2;/q-1;+1. The van der Waals surface area contributed by atoms with Gasteiger partial charge in [0.05, 0.1) is 6.07 Å². The third-order valence-corrected chi connectivity index (χ3v) is 0.781. The van der Waals surface area contributed by atoms with Crippen LogP contribution >= 0.6 is 0 Å². The van der Waals surface area contributed by atoms with Crippen molar-refractivity contribution in [3.63, 3.8) is 0 Å². The van der Waals surface area contributed by atoms with Crippen LogP contribution in [0.3, 0.4) is 0 Å². The molecule has 0 aliphatic heterocycles. The summed E-state index contributed by atoms with van der Waals surface area (Å²) in [5.41, 5.74) is -0.215. The molecule has 0 heterocycles. The van der Waals surface area contributed by atoms with Gasteiger partial charge < -0.3 is 5.41 Å². The molecule has 0 saturated heterocycles. The molecule has 0 aromatic carbocycles. The third-order valence-electron chi connectivity index (χ3n) is 0.781. The van der Waals surface area contributed by atoms with Gasteiger partial charge in [-0.05, 0) is 0 Å². The van der Waals surface area contributed by atoms with Crippen LogP contribution in [0.25, 0.3) is 0 Å². The van der Waals surface area contributed by atoms with E-state index >= 15 is 0 Å². The Labute approximate surface area is 86.8 Å². The molecule has 48 valence electrons. The zero-order valence-corrected chi connectivity index (χ0v) is 8.05. The summed E-state index contributed by atoms with van der Waals surface area (Å²) in [6.07, 6.45) is -0.184. The van der Waals surface area contributed by atoms with Crippen molar-refractivity contribution in [2.45, 2.75) is 6.42 Å². The van der Waals surface area contributed by atoms with E-state index in [1.807, 2.05) is 0 Å². The molecular formula is C6H3N4Na. The molecule has 0 bridgehead atoms. The Balaban J connectivity index is 0. The first-order valence-corrected chi connectivity index (χ1v) is 2.38. The molecule has 0 aromatic heterocycles. The maximum Gasteiger partial charge on any atom is 1.00 e. The molecule has 1 N–H and O–H groups in total. The monoisotopic (exact) mass is 154 g/mol. The molecule has 0 saturated carbocycles. The summed E-state index contributed by atoms with van der Waals surface area (Å²) in [5.74, 6) is -0.290. The number of rotatable bonds is 2. The first kappa shape index (κ1) is 12.7. The van der Waals surface area contributed by atoms with Crippen LogP contribution in [0.1, 0.15) is 6.42 Å². The van der Waals surface area contributed by atoms with Crippen LogP contribution < -0.4 is 29.6 Å². The van der Waals surface area contributed by atoms with Gasteiger partial charge in [0.15, 0.2) is 0 Å². The van der Waals surface area contributed by atoms with E-state index in [-0.39, 0.29) is 47.6 Å². The normalized spacial score (nSPS) is 5.91. The minimum Gasteiger partial charge on any atom is -0.338 e. The topological polar surface area (TPSA) is 95.2 Å². The minimum atomic E-state index is -0.290. The van der Waals surface area contributed by atoms with E-state index in [0.717, 1.165) is 0 Å². The molecule has 0 rings (SSSR count). The van der Waals surface area contributed by atoms with E-state index in [2.05, 4.69) is 0 Å². The quantitative estimate of drug-likeness (QED) is 0.271. The second-order valence-corrected chi connectivity index (χ2v) is 1.41. The second-order valence-electron chi connectivity index (χ2n) is 1.41. The predicted octanol–water partition coefficient (Wildman–Crippen LogP) is -2.45. The van der Waals surface area contributed by atoms with Crippen molar-refractivity contribution in [2.24, 2.45) is 0 Å². The van der Waals surface area contributed by atoms with Crippen molar-refractivity contribution in [1.82, 2.24) is 0 Å². The van der Waals surface area contributed by atoms with Gasteiger partial charge in [-0.2, -0.15) is 5.26 Å². The van der Waals surface area contributed by atoms with Crippen molar-refractivity contribution in [3.8, 4) is 18.2 Å². The Morgan fingerprint density at radius 1 is 1.27 bits per heavy atom. The maximum atomic E-state index is 8.16.